The van der Waals surface area contributed by atoms with Gasteiger partial charge in [0.1, 0.15) is 0 Å². The summed E-state index contributed by atoms with van der Waals surface area (Å²) >= 11 is 0. The second-order valence-corrected chi connectivity index (χ2v) is 4.10. The van der Waals surface area contributed by atoms with E-state index < -0.39 is 5.97 Å². The van der Waals surface area contributed by atoms with E-state index in [9.17, 15) is 9.59 Å². The molecule has 0 aromatic heterocycles. The third kappa shape index (κ3) is 2.38. The van der Waals surface area contributed by atoms with Gasteiger partial charge < -0.3 is 15.7 Å². The lowest BCUT2D eigenvalue weighted by molar-refractivity contribution is -0.117. The Morgan fingerprint density at radius 3 is 2.82 bits per heavy atom. The second-order valence-electron chi connectivity index (χ2n) is 4.10. The highest BCUT2D eigenvalue weighted by atomic mass is 16.4. The fourth-order valence-electron chi connectivity index (χ4n) is 2.06. The number of carboxylic acids is 1. The van der Waals surface area contributed by atoms with E-state index in [-0.39, 0.29) is 17.9 Å². The molecule has 3 N–H and O–H groups in total. The fourth-order valence-corrected chi connectivity index (χ4v) is 2.06. The van der Waals surface area contributed by atoms with E-state index >= 15 is 0 Å². The molecule has 1 amide bonds. The lowest BCUT2D eigenvalue weighted by Gasteiger charge is -2.18. The zero-order valence-corrected chi connectivity index (χ0v) is 9.35. The van der Waals surface area contributed by atoms with E-state index in [1.807, 2.05) is 11.0 Å². The van der Waals surface area contributed by atoms with Crippen LogP contribution in [0.15, 0.2) is 18.2 Å². The van der Waals surface area contributed by atoms with Crippen LogP contribution in [0.2, 0.25) is 0 Å². The maximum absolute atomic E-state index is 10.9. The number of carbonyl (C=O) groups is 2. The maximum atomic E-state index is 10.9. The van der Waals surface area contributed by atoms with Gasteiger partial charge in [0.05, 0.1) is 5.56 Å². The summed E-state index contributed by atoms with van der Waals surface area (Å²) in [6.07, 6.45) is 1.17. The molecule has 0 fully saturated rings. The van der Waals surface area contributed by atoms with E-state index in [4.69, 9.17) is 10.8 Å². The summed E-state index contributed by atoms with van der Waals surface area (Å²) in [6.45, 7) is 1.36. The Labute approximate surface area is 98.8 Å². The summed E-state index contributed by atoms with van der Waals surface area (Å²) < 4.78 is 0. The molecule has 0 radical (unpaired) electrons. The number of primary amides is 1. The molecule has 0 saturated heterocycles. The van der Waals surface area contributed by atoms with Gasteiger partial charge in [0.15, 0.2) is 0 Å². The molecule has 0 aliphatic carbocycles. The first-order valence-corrected chi connectivity index (χ1v) is 5.47. The largest absolute Gasteiger partial charge is 0.478 e. The molecule has 5 nitrogen and oxygen atoms in total. The molecule has 1 aliphatic heterocycles. The number of rotatable bonds is 4. The van der Waals surface area contributed by atoms with Crippen molar-refractivity contribution in [2.75, 3.05) is 18.0 Å². The fraction of sp³-hybridized carbons (Fsp3) is 0.333. The van der Waals surface area contributed by atoms with Crippen molar-refractivity contribution in [1.29, 1.82) is 0 Å². The van der Waals surface area contributed by atoms with Gasteiger partial charge in [-0.1, -0.05) is 6.07 Å². The normalized spacial score (nSPS) is 13.5. The van der Waals surface area contributed by atoms with Gasteiger partial charge in [0.2, 0.25) is 5.91 Å². The summed E-state index contributed by atoms with van der Waals surface area (Å²) in [5.41, 5.74) is 7.41. The number of hydrogen-bond acceptors (Lipinski definition) is 3. The molecule has 0 atom stereocenters. The Hall–Kier alpha value is -2.04. The van der Waals surface area contributed by atoms with Crippen molar-refractivity contribution in [2.45, 2.75) is 12.8 Å². The van der Waals surface area contributed by atoms with Crippen LogP contribution in [0.3, 0.4) is 0 Å². The first-order chi connectivity index (χ1) is 8.08. The lowest BCUT2D eigenvalue weighted by atomic mass is 10.1. The molecule has 17 heavy (non-hydrogen) atoms. The molecule has 90 valence electrons. The smallest absolute Gasteiger partial charge is 0.335 e. The number of hydrogen-bond donors (Lipinski definition) is 2. The SMILES string of the molecule is NC(=O)CCN1CCc2ccc(C(=O)O)cc21. The van der Waals surface area contributed by atoms with Gasteiger partial charge in [0.25, 0.3) is 0 Å². The average Bonchev–Trinajstić information content (AvgIpc) is 2.68. The summed E-state index contributed by atoms with van der Waals surface area (Å²) in [5, 5.41) is 8.93. The van der Waals surface area contributed by atoms with Gasteiger partial charge in [-0.15, -0.1) is 0 Å². The Morgan fingerprint density at radius 1 is 1.41 bits per heavy atom. The number of benzene rings is 1. The van der Waals surface area contributed by atoms with Crippen LogP contribution < -0.4 is 10.6 Å². The van der Waals surface area contributed by atoms with Crippen LogP contribution in [-0.4, -0.2) is 30.1 Å². The van der Waals surface area contributed by atoms with E-state index in [0.29, 0.717) is 6.54 Å². The third-order valence-electron chi connectivity index (χ3n) is 2.95. The van der Waals surface area contributed by atoms with Crippen molar-refractivity contribution >= 4 is 17.6 Å². The molecular weight excluding hydrogens is 220 g/mol. The van der Waals surface area contributed by atoms with Gasteiger partial charge in [-0.05, 0) is 24.1 Å². The number of fused-ring (bicyclic) bond motifs is 1. The number of amides is 1. The van der Waals surface area contributed by atoms with E-state index in [2.05, 4.69) is 0 Å². The van der Waals surface area contributed by atoms with Crippen LogP contribution in [0.4, 0.5) is 5.69 Å². The Balaban J connectivity index is 2.20. The predicted molar refractivity (Wildman–Crippen MR) is 63.1 cm³/mol. The molecule has 5 heteroatoms. The van der Waals surface area contributed by atoms with Gasteiger partial charge in [-0.25, -0.2) is 4.79 Å². The van der Waals surface area contributed by atoms with Crippen LogP contribution in [0.5, 0.6) is 0 Å². The molecule has 1 aromatic rings. The summed E-state index contributed by atoms with van der Waals surface area (Å²) in [5.74, 6) is -1.28. The summed E-state index contributed by atoms with van der Waals surface area (Å²) in [6, 6.07) is 5.10. The standard InChI is InChI=1S/C12H14N2O3/c13-11(15)4-6-14-5-3-8-1-2-9(12(16)17)7-10(8)14/h1-2,7H,3-6H2,(H2,13,15)(H,16,17). The number of carbonyl (C=O) groups excluding carboxylic acids is 1. The Morgan fingerprint density at radius 2 is 2.18 bits per heavy atom. The van der Waals surface area contributed by atoms with Crippen LogP contribution in [0.1, 0.15) is 22.3 Å². The van der Waals surface area contributed by atoms with Crippen LogP contribution in [-0.2, 0) is 11.2 Å². The molecule has 2 rings (SSSR count). The minimum atomic E-state index is -0.936. The molecule has 0 spiro atoms. The minimum absolute atomic E-state index is 0.273. The first kappa shape index (κ1) is 11.4. The van der Waals surface area contributed by atoms with Crippen LogP contribution in [0, 0.1) is 0 Å². The predicted octanol–water partition coefficient (Wildman–Crippen LogP) is 0.623. The first-order valence-electron chi connectivity index (χ1n) is 5.47. The van der Waals surface area contributed by atoms with Crippen molar-refractivity contribution in [2.24, 2.45) is 5.73 Å². The van der Waals surface area contributed by atoms with Crippen LogP contribution in [0.25, 0.3) is 0 Å². The summed E-state index contributed by atoms with van der Waals surface area (Å²) in [7, 11) is 0. The molecule has 1 aromatic carbocycles. The molecule has 0 unspecified atom stereocenters. The Kier molecular flexibility index (Phi) is 2.99. The van der Waals surface area contributed by atoms with Crippen LogP contribution >= 0.6 is 0 Å². The number of anilines is 1. The third-order valence-corrected chi connectivity index (χ3v) is 2.95. The van der Waals surface area contributed by atoms with Gasteiger partial charge in [-0.2, -0.15) is 0 Å². The Bertz CT molecular complexity index is 471. The highest BCUT2D eigenvalue weighted by Gasteiger charge is 2.20. The maximum Gasteiger partial charge on any atom is 0.335 e. The van der Waals surface area contributed by atoms with Gasteiger partial charge >= 0.3 is 5.97 Å². The minimum Gasteiger partial charge on any atom is -0.478 e. The molecule has 1 heterocycles. The quantitative estimate of drug-likeness (QED) is 0.800. The molecular formula is C12H14N2O3. The number of nitrogens with two attached hydrogens (primary N) is 1. The topological polar surface area (TPSA) is 83.6 Å². The zero-order valence-electron chi connectivity index (χ0n) is 9.35. The van der Waals surface area contributed by atoms with E-state index in [0.717, 1.165) is 24.2 Å². The monoisotopic (exact) mass is 234 g/mol. The highest BCUT2D eigenvalue weighted by Crippen LogP contribution is 2.29. The summed E-state index contributed by atoms with van der Waals surface area (Å²) in [4.78, 5) is 23.6. The second kappa shape index (κ2) is 4.45. The zero-order chi connectivity index (χ0) is 12.4. The number of nitrogens with zero attached hydrogens (tertiary/aromatic N) is 1. The van der Waals surface area contributed by atoms with E-state index in [1.165, 1.54) is 0 Å². The molecule has 0 saturated carbocycles. The molecule has 0 bridgehead atoms. The lowest BCUT2D eigenvalue weighted by Crippen LogP contribution is -2.26. The van der Waals surface area contributed by atoms with Crippen molar-refractivity contribution in [3.8, 4) is 0 Å². The van der Waals surface area contributed by atoms with Gasteiger partial charge in [0, 0.05) is 25.2 Å². The highest BCUT2D eigenvalue weighted by molar-refractivity contribution is 5.89. The van der Waals surface area contributed by atoms with Crippen molar-refractivity contribution in [1.82, 2.24) is 0 Å². The molecule has 1 aliphatic rings. The average molecular weight is 234 g/mol. The number of aromatic carboxylic acids is 1. The van der Waals surface area contributed by atoms with E-state index in [1.54, 1.807) is 12.1 Å². The number of carboxylic acid groups (broad SMARTS) is 1. The van der Waals surface area contributed by atoms with Crippen molar-refractivity contribution in [3.05, 3.63) is 29.3 Å². The van der Waals surface area contributed by atoms with Crippen molar-refractivity contribution < 1.29 is 14.7 Å². The van der Waals surface area contributed by atoms with Gasteiger partial charge in [-0.3, -0.25) is 4.79 Å². The van der Waals surface area contributed by atoms with Crippen molar-refractivity contribution in [3.63, 3.8) is 0 Å².